The second-order valence-electron chi connectivity index (χ2n) is 6.00. The van der Waals surface area contributed by atoms with Crippen LogP contribution in [0.1, 0.15) is 16.7 Å². The first kappa shape index (κ1) is 13.6. The van der Waals surface area contributed by atoms with Crippen molar-refractivity contribution in [1.82, 2.24) is 4.98 Å². The van der Waals surface area contributed by atoms with Crippen LogP contribution in [0.4, 0.5) is 11.5 Å². The molecule has 0 bridgehead atoms. The standard InChI is InChI=1S/C19H17ClN2/c1-12-3-5-14-10-15-7-8-22(19(15)21-18(14)9-12)16-6-4-13(2)17(20)11-16/h3-6,9-11H,7-8H2,1-2H3. The van der Waals surface area contributed by atoms with E-state index in [0.29, 0.717) is 0 Å². The fraction of sp³-hybridized carbons (Fsp3) is 0.211. The van der Waals surface area contributed by atoms with Gasteiger partial charge < -0.3 is 4.90 Å². The predicted octanol–water partition coefficient (Wildman–Crippen LogP) is 5.20. The van der Waals surface area contributed by atoms with Crippen molar-refractivity contribution in [2.24, 2.45) is 0 Å². The molecule has 0 saturated heterocycles. The molecule has 2 nitrogen and oxygen atoms in total. The summed E-state index contributed by atoms with van der Waals surface area (Å²) in [6.45, 7) is 5.08. The second kappa shape index (κ2) is 4.99. The van der Waals surface area contributed by atoms with E-state index >= 15 is 0 Å². The highest BCUT2D eigenvalue weighted by molar-refractivity contribution is 6.31. The van der Waals surface area contributed by atoms with Crippen molar-refractivity contribution < 1.29 is 0 Å². The Morgan fingerprint density at radius 2 is 1.91 bits per heavy atom. The van der Waals surface area contributed by atoms with Gasteiger partial charge in [-0.05, 0) is 61.2 Å². The molecular formula is C19H17ClN2. The number of hydrogen-bond acceptors (Lipinski definition) is 2. The molecule has 0 amide bonds. The zero-order valence-corrected chi connectivity index (χ0v) is 13.5. The molecule has 0 radical (unpaired) electrons. The summed E-state index contributed by atoms with van der Waals surface area (Å²) in [7, 11) is 0. The van der Waals surface area contributed by atoms with Crippen molar-refractivity contribution in [3.05, 3.63) is 64.2 Å². The van der Waals surface area contributed by atoms with Gasteiger partial charge in [0.15, 0.2) is 0 Å². The number of hydrogen-bond donors (Lipinski definition) is 0. The summed E-state index contributed by atoms with van der Waals surface area (Å²) in [5.74, 6) is 1.07. The minimum absolute atomic E-state index is 0.808. The molecule has 0 spiro atoms. The minimum Gasteiger partial charge on any atom is -0.326 e. The van der Waals surface area contributed by atoms with Crippen LogP contribution in [0.5, 0.6) is 0 Å². The number of anilines is 2. The highest BCUT2D eigenvalue weighted by Crippen LogP contribution is 2.36. The molecule has 0 unspecified atom stereocenters. The maximum atomic E-state index is 6.29. The molecule has 1 aliphatic heterocycles. The predicted molar refractivity (Wildman–Crippen MR) is 93.4 cm³/mol. The van der Waals surface area contributed by atoms with Crippen molar-refractivity contribution in [3.63, 3.8) is 0 Å². The Labute approximate surface area is 135 Å². The second-order valence-corrected chi connectivity index (χ2v) is 6.41. The molecule has 0 atom stereocenters. The molecule has 0 N–H and O–H groups in total. The Hall–Kier alpha value is -2.06. The maximum absolute atomic E-state index is 6.29. The highest BCUT2D eigenvalue weighted by atomic mass is 35.5. The lowest BCUT2D eigenvalue weighted by Gasteiger charge is -2.19. The van der Waals surface area contributed by atoms with Gasteiger partial charge in [0.2, 0.25) is 0 Å². The van der Waals surface area contributed by atoms with Crippen molar-refractivity contribution in [1.29, 1.82) is 0 Å². The van der Waals surface area contributed by atoms with Gasteiger partial charge in [0.05, 0.1) is 5.52 Å². The summed E-state index contributed by atoms with van der Waals surface area (Å²) in [5, 5.41) is 2.02. The Morgan fingerprint density at radius 1 is 1.05 bits per heavy atom. The van der Waals surface area contributed by atoms with E-state index in [2.05, 4.69) is 48.2 Å². The molecule has 4 rings (SSSR count). The van der Waals surface area contributed by atoms with Gasteiger partial charge in [0.1, 0.15) is 5.82 Å². The van der Waals surface area contributed by atoms with E-state index in [0.717, 1.165) is 40.6 Å². The van der Waals surface area contributed by atoms with E-state index in [-0.39, 0.29) is 0 Å². The summed E-state index contributed by atoms with van der Waals surface area (Å²) in [6, 6.07) is 14.9. The smallest absolute Gasteiger partial charge is 0.137 e. The van der Waals surface area contributed by atoms with Crippen LogP contribution in [0.25, 0.3) is 10.9 Å². The number of pyridine rings is 1. The third-order valence-corrected chi connectivity index (χ3v) is 4.76. The van der Waals surface area contributed by atoms with Crippen LogP contribution in [0, 0.1) is 13.8 Å². The molecular weight excluding hydrogens is 292 g/mol. The lowest BCUT2D eigenvalue weighted by molar-refractivity contribution is 0.991. The van der Waals surface area contributed by atoms with E-state index in [1.165, 1.54) is 16.5 Å². The number of nitrogens with zero attached hydrogens (tertiary/aromatic N) is 2. The van der Waals surface area contributed by atoms with Crippen molar-refractivity contribution in [3.8, 4) is 0 Å². The van der Waals surface area contributed by atoms with E-state index in [9.17, 15) is 0 Å². The Morgan fingerprint density at radius 3 is 2.73 bits per heavy atom. The number of fused-ring (bicyclic) bond motifs is 2. The van der Waals surface area contributed by atoms with Crippen LogP contribution in [-0.4, -0.2) is 11.5 Å². The molecule has 2 heterocycles. The zero-order chi connectivity index (χ0) is 15.3. The number of benzene rings is 2. The van der Waals surface area contributed by atoms with Crippen LogP contribution in [0.3, 0.4) is 0 Å². The number of rotatable bonds is 1. The fourth-order valence-corrected chi connectivity index (χ4v) is 3.24. The lowest BCUT2D eigenvalue weighted by Crippen LogP contribution is -2.14. The molecule has 0 aliphatic carbocycles. The quantitative estimate of drug-likeness (QED) is 0.614. The van der Waals surface area contributed by atoms with Crippen LogP contribution < -0.4 is 4.90 Å². The van der Waals surface area contributed by atoms with Gasteiger partial charge in [-0.1, -0.05) is 29.8 Å². The Balaban J connectivity index is 1.85. The van der Waals surface area contributed by atoms with Gasteiger partial charge in [-0.3, -0.25) is 0 Å². The molecule has 22 heavy (non-hydrogen) atoms. The van der Waals surface area contributed by atoms with Crippen LogP contribution in [0.2, 0.25) is 5.02 Å². The molecule has 110 valence electrons. The van der Waals surface area contributed by atoms with Gasteiger partial charge in [0.25, 0.3) is 0 Å². The average Bonchev–Trinajstić information content (AvgIpc) is 2.90. The van der Waals surface area contributed by atoms with Gasteiger partial charge in [-0.25, -0.2) is 4.98 Å². The number of aryl methyl sites for hydroxylation is 2. The van der Waals surface area contributed by atoms with Crippen LogP contribution in [0.15, 0.2) is 42.5 Å². The van der Waals surface area contributed by atoms with Crippen molar-refractivity contribution in [2.75, 3.05) is 11.4 Å². The topological polar surface area (TPSA) is 16.1 Å². The highest BCUT2D eigenvalue weighted by Gasteiger charge is 2.23. The van der Waals surface area contributed by atoms with E-state index in [4.69, 9.17) is 16.6 Å². The first-order valence-electron chi connectivity index (χ1n) is 7.56. The molecule has 3 aromatic rings. The first-order valence-corrected chi connectivity index (χ1v) is 7.93. The Kier molecular flexibility index (Phi) is 3.08. The molecule has 3 heteroatoms. The number of aromatic nitrogens is 1. The van der Waals surface area contributed by atoms with Crippen LogP contribution in [-0.2, 0) is 6.42 Å². The monoisotopic (exact) mass is 308 g/mol. The lowest BCUT2D eigenvalue weighted by atomic mass is 10.1. The van der Waals surface area contributed by atoms with Crippen molar-refractivity contribution >= 4 is 34.0 Å². The van der Waals surface area contributed by atoms with Crippen molar-refractivity contribution in [2.45, 2.75) is 20.3 Å². The van der Waals surface area contributed by atoms with Gasteiger partial charge in [-0.2, -0.15) is 0 Å². The molecule has 0 fully saturated rings. The third-order valence-electron chi connectivity index (χ3n) is 4.36. The molecule has 2 aromatic carbocycles. The van der Waals surface area contributed by atoms with Crippen LogP contribution >= 0.6 is 11.6 Å². The number of halogens is 1. The zero-order valence-electron chi connectivity index (χ0n) is 12.7. The summed E-state index contributed by atoms with van der Waals surface area (Å²) < 4.78 is 0. The summed E-state index contributed by atoms with van der Waals surface area (Å²) in [4.78, 5) is 7.18. The van der Waals surface area contributed by atoms with Gasteiger partial charge in [-0.15, -0.1) is 0 Å². The summed E-state index contributed by atoms with van der Waals surface area (Å²) in [6.07, 6.45) is 1.03. The van der Waals surface area contributed by atoms with E-state index in [1.807, 2.05) is 13.0 Å². The SMILES string of the molecule is Cc1ccc2cc3c(nc2c1)N(c1ccc(C)c(Cl)c1)CC3. The Bertz CT molecular complexity index is 886. The molecule has 1 aromatic heterocycles. The van der Waals surface area contributed by atoms with E-state index in [1.54, 1.807) is 0 Å². The first-order chi connectivity index (χ1) is 10.6. The fourth-order valence-electron chi connectivity index (χ4n) is 3.07. The van der Waals surface area contributed by atoms with E-state index < -0.39 is 0 Å². The molecule has 1 aliphatic rings. The third kappa shape index (κ3) is 2.15. The van der Waals surface area contributed by atoms with Gasteiger partial charge in [0, 0.05) is 22.6 Å². The summed E-state index contributed by atoms with van der Waals surface area (Å²) in [5.41, 5.74) is 5.83. The summed E-state index contributed by atoms with van der Waals surface area (Å²) >= 11 is 6.29. The molecule has 0 saturated carbocycles. The maximum Gasteiger partial charge on any atom is 0.137 e. The minimum atomic E-state index is 0.808. The van der Waals surface area contributed by atoms with Gasteiger partial charge >= 0.3 is 0 Å². The average molecular weight is 309 g/mol. The normalized spacial score (nSPS) is 13.7. The largest absolute Gasteiger partial charge is 0.326 e.